The molecule has 0 heterocycles. The highest BCUT2D eigenvalue weighted by molar-refractivity contribution is 9.10. The number of halogens is 1. The topological polar surface area (TPSA) is 35.2 Å². The number of hydrogen-bond acceptors (Lipinski definition) is 2. The van der Waals surface area contributed by atoms with Gasteiger partial charge >= 0.3 is 0 Å². The summed E-state index contributed by atoms with van der Waals surface area (Å²) >= 11 is 3.44. The minimum Gasteiger partial charge on any atom is -0.490 e. The second kappa shape index (κ2) is 3.91. The first kappa shape index (κ1) is 9.99. The van der Waals surface area contributed by atoms with Gasteiger partial charge in [0.05, 0.1) is 10.0 Å². The second-order valence-corrected chi connectivity index (χ2v) is 4.79. The Morgan fingerprint density at radius 2 is 2.07 bits per heavy atom. The van der Waals surface area contributed by atoms with Crippen LogP contribution in [0.3, 0.4) is 0 Å². The first-order valence-electron chi connectivity index (χ1n) is 4.86. The molecule has 0 amide bonds. The molecular weight excluding hydrogens is 242 g/mol. The number of para-hydroxylation sites is 1. The summed E-state index contributed by atoms with van der Waals surface area (Å²) < 4.78 is 6.66. The van der Waals surface area contributed by atoms with Gasteiger partial charge in [-0.25, -0.2) is 0 Å². The van der Waals surface area contributed by atoms with E-state index in [9.17, 15) is 0 Å². The van der Waals surface area contributed by atoms with Gasteiger partial charge in [0.15, 0.2) is 0 Å². The van der Waals surface area contributed by atoms with Crippen LogP contribution < -0.4 is 10.5 Å². The van der Waals surface area contributed by atoms with E-state index in [0.717, 1.165) is 23.1 Å². The molecule has 14 heavy (non-hydrogen) atoms. The van der Waals surface area contributed by atoms with Gasteiger partial charge in [0.25, 0.3) is 0 Å². The van der Waals surface area contributed by atoms with Gasteiger partial charge in [0, 0.05) is 0 Å². The maximum atomic E-state index is 6.06. The summed E-state index contributed by atoms with van der Waals surface area (Å²) in [6, 6.07) is 7.86. The smallest absolute Gasteiger partial charge is 0.133 e. The van der Waals surface area contributed by atoms with E-state index in [2.05, 4.69) is 15.9 Å². The number of ether oxygens (including phenoxy) is 1. The first-order valence-corrected chi connectivity index (χ1v) is 5.65. The number of hydrogen-bond donors (Lipinski definition) is 1. The molecule has 0 aliphatic heterocycles. The van der Waals surface area contributed by atoms with Crippen LogP contribution in [0.4, 0.5) is 0 Å². The number of rotatable bonds is 3. The van der Waals surface area contributed by atoms with Crippen molar-refractivity contribution in [3.8, 4) is 5.75 Å². The van der Waals surface area contributed by atoms with Gasteiger partial charge < -0.3 is 10.5 Å². The van der Waals surface area contributed by atoms with Crippen molar-refractivity contribution in [2.24, 2.45) is 5.73 Å². The summed E-state index contributed by atoms with van der Waals surface area (Å²) in [5, 5.41) is 0. The van der Waals surface area contributed by atoms with Crippen molar-refractivity contribution < 1.29 is 4.74 Å². The summed E-state index contributed by atoms with van der Waals surface area (Å²) in [7, 11) is 0. The highest BCUT2D eigenvalue weighted by Gasteiger charge is 2.33. The molecule has 0 unspecified atom stereocenters. The number of benzene rings is 1. The van der Waals surface area contributed by atoms with Crippen LogP contribution in [0.5, 0.6) is 5.75 Å². The minimum absolute atomic E-state index is 0.0741. The van der Waals surface area contributed by atoms with Gasteiger partial charge in [-0.15, -0.1) is 0 Å². The Hall–Kier alpha value is -0.540. The fourth-order valence-corrected chi connectivity index (χ4v) is 1.96. The van der Waals surface area contributed by atoms with Crippen molar-refractivity contribution in [3.05, 3.63) is 28.7 Å². The highest BCUT2D eigenvalue weighted by atomic mass is 79.9. The molecule has 0 atom stereocenters. The van der Waals surface area contributed by atoms with E-state index in [1.54, 1.807) is 0 Å². The molecule has 1 aliphatic rings. The fourth-order valence-electron chi connectivity index (χ4n) is 1.56. The molecule has 1 aliphatic carbocycles. The molecule has 2 nitrogen and oxygen atoms in total. The summed E-state index contributed by atoms with van der Waals surface area (Å²) in [6.07, 6.45) is 3.39. The van der Waals surface area contributed by atoms with Crippen LogP contribution in [0, 0.1) is 0 Å². The standard InChI is InChI=1S/C11H14BrNO/c12-9-4-1-2-5-10(9)14-8-11(13)6-3-7-11/h1-2,4-5H,3,6-8,13H2. The van der Waals surface area contributed by atoms with Crippen LogP contribution in [-0.2, 0) is 0 Å². The zero-order chi connectivity index (χ0) is 10.0. The summed E-state index contributed by atoms with van der Waals surface area (Å²) in [6.45, 7) is 0.621. The Morgan fingerprint density at radius 1 is 1.36 bits per heavy atom. The van der Waals surface area contributed by atoms with Gasteiger partial charge in [-0.1, -0.05) is 12.1 Å². The summed E-state index contributed by atoms with van der Waals surface area (Å²) in [4.78, 5) is 0. The predicted octanol–water partition coefficient (Wildman–Crippen LogP) is 2.71. The molecule has 0 saturated heterocycles. The lowest BCUT2D eigenvalue weighted by Gasteiger charge is -2.37. The second-order valence-electron chi connectivity index (χ2n) is 3.94. The molecule has 1 aromatic rings. The maximum absolute atomic E-state index is 6.06. The Kier molecular flexibility index (Phi) is 2.79. The molecule has 1 aromatic carbocycles. The summed E-state index contributed by atoms with van der Waals surface area (Å²) in [5.41, 5.74) is 5.99. The fraction of sp³-hybridized carbons (Fsp3) is 0.455. The van der Waals surface area contributed by atoms with Gasteiger partial charge in [0.1, 0.15) is 12.4 Å². The van der Waals surface area contributed by atoms with E-state index in [0.29, 0.717) is 6.61 Å². The lowest BCUT2D eigenvalue weighted by molar-refractivity contribution is 0.141. The lowest BCUT2D eigenvalue weighted by Crippen LogP contribution is -2.51. The van der Waals surface area contributed by atoms with Gasteiger partial charge in [-0.3, -0.25) is 0 Å². The van der Waals surface area contributed by atoms with Crippen LogP contribution in [-0.4, -0.2) is 12.1 Å². The molecule has 3 heteroatoms. The number of nitrogens with two attached hydrogens (primary N) is 1. The minimum atomic E-state index is -0.0741. The largest absolute Gasteiger partial charge is 0.490 e. The van der Waals surface area contributed by atoms with Gasteiger partial charge in [0.2, 0.25) is 0 Å². The molecule has 0 radical (unpaired) electrons. The van der Waals surface area contributed by atoms with Crippen molar-refractivity contribution in [3.63, 3.8) is 0 Å². The van der Waals surface area contributed by atoms with E-state index in [1.165, 1.54) is 6.42 Å². The van der Waals surface area contributed by atoms with Crippen LogP contribution in [0.15, 0.2) is 28.7 Å². The zero-order valence-corrected chi connectivity index (χ0v) is 9.59. The van der Waals surface area contributed by atoms with E-state index < -0.39 is 0 Å². The van der Waals surface area contributed by atoms with E-state index in [-0.39, 0.29) is 5.54 Å². The average Bonchev–Trinajstić information content (AvgIpc) is 2.14. The Bertz CT molecular complexity index is 323. The van der Waals surface area contributed by atoms with Gasteiger partial charge in [-0.05, 0) is 47.3 Å². The zero-order valence-electron chi connectivity index (χ0n) is 8.00. The third-order valence-corrected chi connectivity index (χ3v) is 3.36. The molecule has 0 spiro atoms. The third-order valence-electron chi connectivity index (χ3n) is 2.70. The SMILES string of the molecule is NC1(COc2ccccc2Br)CCC1. The van der Waals surface area contributed by atoms with Crippen molar-refractivity contribution in [1.82, 2.24) is 0 Å². The molecular formula is C11H14BrNO. The monoisotopic (exact) mass is 255 g/mol. The summed E-state index contributed by atoms with van der Waals surface area (Å²) in [5.74, 6) is 0.879. The van der Waals surface area contributed by atoms with Crippen LogP contribution in [0.1, 0.15) is 19.3 Å². The van der Waals surface area contributed by atoms with Crippen molar-refractivity contribution >= 4 is 15.9 Å². The van der Waals surface area contributed by atoms with E-state index in [1.807, 2.05) is 24.3 Å². The third kappa shape index (κ3) is 2.10. The Balaban J connectivity index is 1.95. The normalized spacial score (nSPS) is 18.7. The molecule has 0 bridgehead atoms. The molecule has 1 saturated carbocycles. The maximum Gasteiger partial charge on any atom is 0.133 e. The molecule has 76 valence electrons. The van der Waals surface area contributed by atoms with Crippen molar-refractivity contribution in [2.75, 3.05) is 6.61 Å². The average molecular weight is 256 g/mol. The quantitative estimate of drug-likeness (QED) is 0.902. The van der Waals surface area contributed by atoms with Crippen molar-refractivity contribution in [2.45, 2.75) is 24.8 Å². The van der Waals surface area contributed by atoms with Gasteiger partial charge in [-0.2, -0.15) is 0 Å². The van der Waals surface area contributed by atoms with Crippen LogP contribution in [0.2, 0.25) is 0 Å². The van der Waals surface area contributed by atoms with E-state index in [4.69, 9.17) is 10.5 Å². The Morgan fingerprint density at radius 3 is 2.64 bits per heavy atom. The first-order chi connectivity index (χ1) is 6.70. The molecule has 2 rings (SSSR count). The van der Waals surface area contributed by atoms with Crippen molar-refractivity contribution in [1.29, 1.82) is 0 Å². The van der Waals surface area contributed by atoms with Crippen LogP contribution >= 0.6 is 15.9 Å². The molecule has 0 aromatic heterocycles. The lowest BCUT2D eigenvalue weighted by atomic mass is 9.78. The highest BCUT2D eigenvalue weighted by Crippen LogP contribution is 2.31. The van der Waals surface area contributed by atoms with Crippen LogP contribution in [0.25, 0.3) is 0 Å². The Labute approximate surface area is 92.6 Å². The predicted molar refractivity (Wildman–Crippen MR) is 60.4 cm³/mol. The molecule has 1 fully saturated rings. The molecule has 2 N–H and O–H groups in total. The van der Waals surface area contributed by atoms with E-state index >= 15 is 0 Å².